The highest BCUT2D eigenvalue weighted by Crippen LogP contribution is 2.28. The lowest BCUT2D eigenvalue weighted by Gasteiger charge is -2.15. The van der Waals surface area contributed by atoms with Crippen molar-refractivity contribution in [3.8, 4) is 0 Å². The third-order valence-corrected chi connectivity index (χ3v) is 5.87. The molecule has 1 aromatic rings. The Kier molecular flexibility index (Phi) is 3.90. The van der Waals surface area contributed by atoms with Gasteiger partial charge in [0.05, 0.1) is 16.5 Å². The van der Waals surface area contributed by atoms with E-state index in [1.807, 2.05) is 0 Å². The Balaban J connectivity index is 2.55. The zero-order valence-electron chi connectivity index (χ0n) is 10.0. The van der Waals surface area contributed by atoms with Crippen LogP contribution >= 0.6 is 11.6 Å². The quantitative estimate of drug-likeness (QED) is 0.830. The average Bonchev–Trinajstić information content (AvgIpc) is 2.81. The van der Waals surface area contributed by atoms with Crippen LogP contribution in [0.1, 0.15) is 6.42 Å². The van der Waals surface area contributed by atoms with Gasteiger partial charge in [-0.15, -0.1) is 0 Å². The third-order valence-electron chi connectivity index (χ3n) is 2.60. The first-order valence-corrected chi connectivity index (χ1v) is 9.09. The van der Waals surface area contributed by atoms with Crippen molar-refractivity contribution in [1.29, 1.82) is 0 Å². The molecule has 0 aliphatic carbocycles. The van der Waals surface area contributed by atoms with E-state index in [9.17, 15) is 16.8 Å². The number of benzene rings is 1. The lowest BCUT2D eigenvalue weighted by molar-refractivity contribution is -0.0284. The van der Waals surface area contributed by atoms with E-state index in [0.717, 1.165) is 16.8 Å². The van der Waals surface area contributed by atoms with Crippen LogP contribution in [0.3, 0.4) is 0 Å². The van der Waals surface area contributed by atoms with E-state index in [0.29, 0.717) is 13.0 Å². The Hall–Kier alpha value is -0.670. The van der Waals surface area contributed by atoms with Gasteiger partial charge in [-0.1, -0.05) is 16.1 Å². The van der Waals surface area contributed by atoms with Crippen LogP contribution in [0.5, 0.6) is 0 Å². The van der Waals surface area contributed by atoms with Crippen molar-refractivity contribution >= 4 is 31.5 Å². The van der Waals surface area contributed by atoms with Crippen molar-refractivity contribution in [3.63, 3.8) is 0 Å². The van der Waals surface area contributed by atoms with Crippen LogP contribution in [-0.2, 0) is 24.7 Å². The molecule has 0 saturated carbocycles. The summed E-state index contributed by atoms with van der Waals surface area (Å²) in [6.07, 6.45) is 1.58. The summed E-state index contributed by atoms with van der Waals surface area (Å²) in [4.78, 5) is 4.62. The molecule has 2 rings (SSSR count). The first kappa shape index (κ1) is 14.7. The van der Waals surface area contributed by atoms with Crippen molar-refractivity contribution in [1.82, 2.24) is 4.47 Å². The highest BCUT2D eigenvalue weighted by Gasteiger charge is 2.31. The van der Waals surface area contributed by atoms with E-state index >= 15 is 0 Å². The van der Waals surface area contributed by atoms with Crippen molar-refractivity contribution in [2.45, 2.75) is 16.2 Å². The van der Waals surface area contributed by atoms with Gasteiger partial charge < -0.3 is 0 Å². The van der Waals surface area contributed by atoms with Crippen LogP contribution in [0, 0.1) is 0 Å². The number of rotatable bonds is 3. The van der Waals surface area contributed by atoms with Crippen molar-refractivity contribution in [2.75, 3.05) is 19.4 Å². The molecule has 0 bridgehead atoms. The van der Waals surface area contributed by atoms with Gasteiger partial charge in [0.25, 0.3) is 10.0 Å². The van der Waals surface area contributed by atoms with Crippen LogP contribution in [0.15, 0.2) is 28.0 Å². The summed E-state index contributed by atoms with van der Waals surface area (Å²) >= 11 is 5.85. The predicted octanol–water partition coefficient (Wildman–Crippen LogP) is 1.07. The SMILES string of the molecule is CS(=O)(=O)c1ccc(Cl)c(S(=O)(=O)N2CCCO2)c1. The van der Waals surface area contributed by atoms with Crippen LogP contribution in [0.25, 0.3) is 0 Å². The van der Waals surface area contributed by atoms with E-state index in [1.54, 1.807) is 0 Å². The number of sulfone groups is 1. The minimum atomic E-state index is -3.94. The lowest BCUT2D eigenvalue weighted by atomic mass is 10.4. The minimum Gasteiger partial charge on any atom is -0.284 e. The molecule has 19 heavy (non-hydrogen) atoms. The number of sulfonamides is 1. The molecule has 0 spiro atoms. The Labute approximate surface area is 116 Å². The molecular formula is C10H12ClNO5S2. The second kappa shape index (κ2) is 5.02. The van der Waals surface area contributed by atoms with Gasteiger partial charge in [0.2, 0.25) is 0 Å². The number of nitrogens with zero attached hydrogens (tertiary/aromatic N) is 1. The zero-order valence-corrected chi connectivity index (χ0v) is 12.4. The normalized spacial score (nSPS) is 17.8. The van der Waals surface area contributed by atoms with E-state index in [-0.39, 0.29) is 21.4 Å². The molecule has 106 valence electrons. The molecule has 0 unspecified atom stereocenters. The maximum Gasteiger partial charge on any atom is 0.266 e. The molecular weight excluding hydrogens is 314 g/mol. The molecule has 1 aromatic carbocycles. The Bertz CT molecular complexity index is 693. The highest BCUT2D eigenvalue weighted by atomic mass is 35.5. The summed E-state index contributed by atoms with van der Waals surface area (Å²) in [6, 6.07) is 3.57. The summed E-state index contributed by atoms with van der Waals surface area (Å²) in [5.41, 5.74) is 0. The molecule has 1 fully saturated rings. The van der Waals surface area contributed by atoms with E-state index in [1.165, 1.54) is 12.1 Å². The number of hydrogen-bond acceptors (Lipinski definition) is 5. The zero-order chi connectivity index (χ0) is 14.3. The molecule has 1 heterocycles. The molecule has 0 radical (unpaired) electrons. The Morgan fingerprint density at radius 3 is 2.47 bits per heavy atom. The third kappa shape index (κ3) is 2.92. The van der Waals surface area contributed by atoms with Crippen molar-refractivity contribution in [3.05, 3.63) is 23.2 Å². The fraction of sp³-hybridized carbons (Fsp3) is 0.400. The monoisotopic (exact) mass is 325 g/mol. The van der Waals surface area contributed by atoms with E-state index < -0.39 is 19.9 Å². The summed E-state index contributed by atoms with van der Waals surface area (Å²) in [7, 11) is -7.45. The molecule has 0 N–H and O–H groups in total. The summed E-state index contributed by atoms with van der Waals surface area (Å²) in [6.45, 7) is 0.532. The molecule has 0 atom stereocenters. The molecule has 6 nitrogen and oxygen atoms in total. The molecule has 0 aromatic heterocycles. The molecule has 1 aliphatic heterocycles. The maximum absolute atomic E-state index is 12.3. The molecule has 1 saturated heterocycles. The van der Waals surface area contributed by atoms with Crippen LogP contribution in [0.2, 0.25) is 5.02 Å². The first-order chi connectivity index (χ1) is 8.73. The van der Waals surface area contributed by atoms with Gasteiger partial charge in [-0.25, -0.2) is 16.8 Å². The number of hydroxylamine groups is 1. The standard InChI is InChI=1S/C10H12ClNO5S2/c1-18(13,14)8-3-4-9(11)10(7-8)19(15,16)12-5-2-6-17-12/h3-4,7H,2,5-6H2,1H3. The first-order valence-electron chi connectivity index (χ1n) is 5.38. The topological polar surface area (TPSA) is 80.8 Å². The smallest absolute Gasteiger partial charge is 0.266 e. The summed E-state index contributed by atoms with van der Waals surface area (Å²) in [5, 5.41) is -0.0390. The Morgan fingerprint density at radius 1 is 1.26 bits per heavy atom. The van der Waals surface area contributed by atoms with Crippen molar-refractivity contribution < 1.29 is 21.7 Å². The van der Waals surface area contributed by atoms with Crippen LogP contribution in [0.4, 0.5) is 0 Å². The van der Waals surface area contributed by atoms with Gasteiger partial charge in [0.1, 0.15) is 4.90 Å². The average molecular weight is 326 g/mol. The number of hydrogen-bond donors (Lipinski definition) is 0. The second-order valence-electron chi connectivity index (χ2n) is 4.08. The lowest BCUT2D eigenvalue weighted by Crippen LogP contribution is -2.27. The largest absolute Gasteiger partial charge is 0.284 e. The highest BCUT2D eigenvalue weighted by molar-refractivity contribution is 7.91. The molecule has 9 heteroatoms. The summed E-state index contributed by atoms with van der Waals surface area (Å²) < 4.78 is 48.3. The van der Waals surface area contributed by atoms with Gasteiger partial charge in [-0.05, 0) is 24.6 Å². The summed E-state index contributed by atoms with van der Waals surface area (Å²) in [5.74, 6) is 0. The van der Waals surface area contributed by atoms with Gasteiger partial charge in [-0.2, -0.15) is 0 Å². The fourth-order valence-electron chi connectivity index (χ4n) is 1.64. The van der Waals surface area contributed by atoms with Gasteiger partial charge in [0.15, 0.2) is 9.84 Å². The van der Waals surface area contributed by atoms with Gasteiger partial charge in [-0.3, -0.25) is 4.84 Å². The molecule has 1 aliphatic rings. The Morgan fingerprint density at radius 2 is 1.95 bits per heavy atom. The van der Waals surface area contributed by atoms with Crippen LogP contribution < -0.4 is 0 Å². The fourth-order valence-corrected chi connectivity index (χ4v) is 4.16. The van der Waals surface area contributed by atoms with Gasteiger partial charge in [0, 0.05) is 12.8 Å². The van der Waals surface area contributed by atoms with Gasteiger partial charge >= 0.3 is 0 Å². The van der Waals surface area contributed by atoms with Crippen LogP contribution in [-0.4, -0.2) is 40.7 Å². The minimum absolute atomic E-state index is 0.0390. The van der Waals surface area contributed by atoms with E-state index in [2.05, 4.69) is 0 Å². The number of halogens is 1. The second-order valence-corrected chi connectivity index (χ2v) is 8.30. The van der Waals surface area contributed by atoms with Crippen molar-refractivity contribution in [2.24, 2.45) is 0 Å². The molecule has 0 amide bonds. The van der Waals surface area contributed by atoms with E-state index in [4.69, 9.17) is 16.4 Å². The maximum atomic E-state index is 12.3. The predicted molar refractivity (Wildman–Crippen MR) is 69.0 cm³/mol.